The van der Waals surface area contributed by atoms with Gasteiger partial charge in [0.05, 0.1) is 13.0 Å². The van der Waals surface area contributed by atoms with Gasteiger partial charge in [-0.3, -0.25) is 4.79 Å². The fraction of sp³-hybridized carbons (Fsp3) is 0.421. The molecule has 1 fully saturated rings. The molecule has 5 heteroatoms. The van der Waals surface area contributed by atoms with Crippen molar-refractivity contribution in [2.45, 2.75) is 51.6 Å². The van der Waals surface area contributed by atoms with E-state index in [1.807, 2.05) is 4.90 Å². The normalized spacial score (nSPS) is 15.0. The lowest BCUT2D eigenvalue weighted by molar-refractivity contribution is -0.133. The molecule has 0 radical (unpaired) electrons. The molecule has 0 bridgehead atoms. The Balaban J connectivity index is 1.75. The Hall–Kier alpha value is -1.75. The first kappa shape index (κ1) is 17.1. The standard InChI is InChI=1S/C19H21F2NOS/c1-13-6-8-16(24-13)12-22(15-4-2-3-5-15)19(23)11-14-7-9-17(20)18(21)10-14/h6-10,15H,2-5,11-12H2,1H3. The van der Waals surface area contributed by atoms with E-state index in [2.05, 4.69) is 19.1 Å². The summed E-state index contributed by atoms with van der Waals surface area (Å²) >= 11 is 1.70. The Kier molecular flexibility index (Phi) is 5.29. The summed E-state index contributed by atoms with van der Waals surface area (Å²) in [5.74, 6) is -1.80. The van der Waals surface area contributed by atoms with Gasteiger partial charge in [0.15, 0.2) is 11.6 Å². The molecule has 1 aliphatic rings. The molecule has 3 rings (SSSR count). The lowest BCUT2D eigenvalue weighted by Crippen LogP contribution is -2.39. The van der Waals surface area contributed by atoms with E-state index in [4.69, 9.17) is 0 Å². The number of thiophene rings is 1. The number of hydrogen-bond acceptors (Lipinski definition) is 2. The molecule has 128 valence electrons. The average Bonchev–Trinajstić information content (AvgIpc) is 3.20. The van der Waals surface area contributed by atoms with Crippen LogP contribution in [0.2, 0.25) is 0 Å². The molecule has 2 nitrogen and oxygen atoms in total. The van der Waals surface area contributed by atoms with E-state index >= 15 is 0 Å². The predicted molar refractivity (Wildman–Crippen MR) is 91.9 cm³/mol. The second-order valence-electron chi connectivity index (χ2n) is 6.40. The van der Waals surface area contributed by atoms with Crippen LogP contribution in [0.4, 0.5) is 8.78 Å². The molecule has 0 N–H and O–H groups in total. The van der Waals surface area contributed by atoms with Crippen LogP contribution in [0.1, 0.15) is 41.0 Å². The largest absolute Gasteiger partial charge is 0.334 e. The van der Waals surface area contributed by atoms with Crippen LogP contribution >= 0.6 is 11.3 Å². The lowest BCUT2D eigenvalue weighted by atomic mass is 10.1. The number of carbonyl (C=O) groups excluding carboxylic acids is 1. The first-order valence-electron chi connectivity index (χ1n) is 8.31. The van der Waals surface area contributed by atoms with Crippen LogP contribution in [-0.4, -0.2) is 16.8 Å². The molecule has 2 aromatic rings. The van der Waals surface area contributed by atoms with Crippen molar-refractivity contribution < 1.29 is 13.6 Å². The van der Waals surface area contributed by atoms with Crippen molar-refractivity contribution >= 4 is 17.2 Å². The molecule has 1 aromatic carbocycles. The summed E-state index contributed by atoms with van der Waals surface area (Å²) in [5.41, 5.74) is 0.518. The van der Waals surface area contributed by atoms with Gasteiger partial charge in [0.1, 0.15) is 0 Å². The molecule has 1 saturated carbocycles. The van der Waals surface area contributed by atoms with E-state index in [1.165, 1.54) is 10.9 Å². The monoisotopic (exact) mass is 349 g/mol. The number of nitrogens with zero attached hydrogens (tertiary/aromatic N) is 1. The molecule has 24 heavy (non-hydrogen) atoms. The summed E-state index contributed by atoms with van der Waals surface area (Å²) in [6, 6.07) is 8.07. The van der Waals surface area contributed by atoms with Gasteiger partial charge in [0.25, 0.3) is 0 Å². The van der Waals surface area contributed by atoms with Gasteiger partial charge in [-0.2, -0.15) is 0 Å². The van der Waals surface area contributed by atoms with Gasteiger partial charge < -0.3 is 4.90 Å². The third kappa shape index (κ3) is 4.01. The van der Waals surface area contributed by atoms with E-state index in [0.717, 1.165) is 42.7 Å². The Morgan fingerprint density at radius 1 is 1.17 bits per heavy atom. The van der Waals surface area contributed by atoms with Crippen molar-refractivity contribution in [3.63, 3.8) is 0 Å². The summed E-state index contributed by atoms with van der Waals surface area (Å²) in [6.45, 7) is 2.66. The van der Waals surface area contributed by atoms with E-state index < -0.39 is 11.6 Å². The number of aryl methyl sites for hydroxylation is 1. The maximum Gasteiger partial charge on any atom is 0.227 e. The molecule has 0 unspecified atom stereocenters. The minimum atomic E-state index is -0.901. The van der Waals surface area contributed by atoms with E-state index in [0.29, 0.717) is 12.1 Å². The number of hydrogen-bond donors (Lipinski definition) is 0. The van der Waals surface area contributed by atoms with E-state index in [1.54, 1.807) is 11.3 Å². The van der Waals surface area contributed by atoms with Gasteiger partial charge in [0.2, 0.25) is 5.91 Å². The van der Waals surface area contributed by atoms with Crippen LogP contribution in [0.15, 0.2) is 30.3 Å². The third-order valence-electron chi connectivity index (χ3n) is 4.55. The van der Waals surface area contributed by atoms with Crippen LogP contribution in [0.25, 0.3) is 0 Å². The Morgan fingerprint density at radius 3 is 2.54 bits per heavy atom. The van der Waals surface area contributed by atoms with Crippen molar-refractivity contribution in [2.75, 3.05) is 0 Å². The van der Waals surface area contributed by atoms with Crippen LogP contribution in [0, 0.1) is 18.6 Å². The molecular weight excluding hydrogens is 328 g/mol. The van der Waals surface area contributed by atoms with Crippen LogP contribution in [0.3, 0.4) is 0 Å². The van der Waals surface area contributed by atoms with Gasteiger partial charge in [-0.25, -0.2) is 8.78 Å². The SMILES string of the molecule is Cc1ccc(CN(C(=O)Cc2ccc(F)c(F)c2)C2CCCC2)s1. The molecule has 0 aliphatic heterocycles. The molecule has 0 atom stereocenters. The predicted octanol–water partition coefficient (Wildman–Crippen LogP) is 4.85. The van der Waals surface area contributed by atoms with Crippen LogP contribution in [-0.2, 0) is 17.8 Å². The summed E-state index contributed by atoms with van der Waals surface area (Å²) < 4.78 is 26.4. The minimum Gasteiger partial charge on any atom is -0.334 e. The maximum absolute atomic E-state index is 13.4. The van der Waals surface area contributed by atoms with Gasteiger partial charge >= 0.3 is 0 Å². The highest BCUT2D eigenvalue weighted by Gasteiger charge is 2.27. The third-order valence-corrected chi connectivity index (χ3v) is 5.53. The molecule has 0 saturated heterocycles. The molecule has 1 amide bonds. The summed E-state index contributed by atoms with van der Waals surface area (Å²) in [5, 5.41) is 0. The number of carbonyl (C=O) groups is 1. The zero-order valence-electron chi connectivity index (χ0n) is 13.7. The van der Waals surface area contributed by atoms with Crippen LogP contribution in [0.5, 0.6) is 0 Å². The zero-order chi connectivity index (χ0) is 17.1. The van der Waals surface area contributed by atoms with E-state index in [9.17, 15) is 13.6 Å². The number of amides is 1. The van der Waals surface area contributed by atoms with Crippen molar-refractivity contribution in [3.05, 3.63) is 57.3 Å². The number of rotatable bonds is 5. The van der Waals surface area contributed by atoms with Crippen molar-refractivity contribution in [2.24, 2.45) is 0 Å². The maximum atomic E-state index is 13.4. The highest BCUT2D eigenvalue weighted by molar-refractivity contribution is 7.11. The minimum absolute atomic E-state index is 0.0149. The Bertz CT molecular complexity index is 722. The Labute approximate surface area is 145 Å². The van der Waals surface area contributed by atoms with Gasteiger partial charge in [-0.15, -0.1) is 11.3 Å². The first-order chi connectivity index (χ1) is 11.5. The molecule has 1 aliphatic carbocycles. The topological polar surface area (TPSA) is 20.3 Å². The molecule has 0 spiro atoms. The lowest BCUT2D eigenvalue weighted by Gasteiger charge is -2.29. The molecule has 1 aromatic heterocycles. The van der Waals surface area contributed by atoms with Gasteiger partial charge in [0, 0.05) is 15.8 Å². The van der Waals surface area contributed by atoms with Gasteiger partial charge in [-0.1, -0.05) is 18.9 Å². The second kappa shape index (κ2) is 7.43. The highest BCUT2D eigenvalue weighted by Crippen LogP contribution is 2.27. The zero-order valence-corrected chi connectivity index (χ0v) is 14.5. The summed E-state index contributed by atoms with van der Waals surface area (Å²) in [7, 11) is 0. The highest BCUT2D eigenvalue weighted by atomic mass is 32.1. The number of halogens is 2. The second-order valence-corrected chi connectivity index (χ2v) is 7.77. The van der Waals surface area contributed by atoms with Crippen molar-refractivity contribution in [1.29, 1.82) is 0 Å². The fourth-order valence-corrected chi connectivity index (χ4v) is 4.19. The van der Waals surface area contributed by atoms with Crippen molar-refractivity contribution in [1.82, 2.24) is 4.90 Å². The van der Waals surface area contributed by atoms with E-state index in [-0.39, 0.29) is 18.4 Å². The van der Waals surface area contributed by atoms with Gasteiger partial charge in [-0.05, 0) is 49.6 Å². The quantitative estimate of drug-likeness (QED) is 0.756. The fourth-order valence-electron chi connectivity index (χ4n) is 3.30. The smallest absolute Gasteiger partial charge is 0.227 e. The Morgan fingerprint density at radius 2 is 1.92 bits per heavy atom. The summed E-state index contributed by atoms with van der Waals surface area (Å²) in [4.78, 5) is 17.1. The van der Waals surface area contributed by atoms with Crippen LogP contribution < -0.4 is 0 Å². The van der Waals surface area contributed by atoms with Crippen molar-refractivity contribution in [3.8, 4) is 0 Å². The average molecular weight is 349 g/mol. The molecule has 1 heterocycles. The summed E-state index contributed by atoms with van der Waals surface area (Å²) in [6.07, 6.45) is 4.44. The molecular formula is C19H21F2NOS. The number of benzene rings is 1. The first-order valence-corrected chi connectivity index (χ1v) is 9.13.